The highest BCUT2D eigenvalue weighted by Gasteiger charge is 2.34. The van der Waals surface area contributed by atoms with Crippen LogP contribution in [0, 0.1) is 0 Å². The molecule has 1 amide bonds. The number of aryl methyl sites for hydroxylation is 1. The van der Waals surface area contributed by atoms with Crippen LogP contribution >= 0.6 is 0 Å². The minimum atomic E-state index is -4.51. The fourth-order valence-corrected chi connectivity index (χ4v) is 1.80. The van der Waals surface area contributed by atoms with Crippen LogP contribution in [-0.2, 0) is 17.4 Å². The molecule has 0 heterocycles. The van der Waals surface area contributed by atoms with Gasteiger partial charge in [-0.2, -0.15) is 13.2 Å². The second kappa shape index (κ2) is 6.56. The summed E-state index contributed by atoms with van der Waals surface area (Å²) in [5, 5.41) is 10.9. The van der Waals surface area contributed by atoms with E-state index in [0.29, 0.717) is 24.8 Å². The van der Waals surface area contributed by atoms with Crippen LogP contribution in [0.2, 0.25) is 0 Å². The standard InChI is InChI=1S/C13H16F3NO2/c1-9(19)17-12-10(5-2-3-8-18)6-4-7-11(12)13(14,15)16/h4,6-7,18H,2-3,5,8H2,1H3,(H,17,19). The number of benzene rings is 1. The summed E-state index contributed by atoms with van der Waals surface area (Å²) in [7, 11) is 0. The van der Waals surface area contributed by atoms with E-state index in [1.54, 1.807) is 6.07 Å². The van der Waals surface area contributed by atoms with E-state index in [9.17, 15) is 18.0 Å². The molecule has 3 nitrogen and oxygen atoms in total. The van der Waals surface area contributed by atoms with Crippen LogP contribution in [0.25, 0.3) is 0 Å². The molecular weight excluding hydrogens is 259 g/mol. The maximum atomic E-state index is 12.9. The van der Waals surface area contributed by atoms with E-state index in [4.69, 9.17) is 5.11 Å². The Bertz CT molecular complexity index is 444. The van der Waals surface area contributed by atoms with Crippen LogP contribution in [0.4, 0.5) is 18.9 Å². The predicted octanol–water partition coefficient (Wildman–Crippen LogP) is 2.98. The van der Waals surface area contributed by atoms with Crippen molar-refractivity contribution in [1.82, 2.24) is 0 Å². The molecule has 0 aliphatic rings. The van der Waals surface area contributed by atoms with Crippen molar-refractivity contribution in [2.24, 2.45) is 0 Å². The van der Waals surface area contributed by atoms with Gasteiger partial charge in [0.2, 0.25) is 5.91 Å². The van der Waals surface area contributed by atoms with E-state index in [1.165, 1.54) is 13.0 Å². The Balaban J connectivity index is 3.11. The second-order valence-electron chi connectivity index (χ2n) is 4.20. The Labute approximate surface area is 109 Å². The SMILES string of the molecule is CC(=O)Nc1c(CCCCO)cccc1C(F)(F)F. The number of aliphatic hydroxyl groups is 1. The number of aliphatic hydroxyl groups excluding tert-OH is 1. The van der Waals surface area contributed by atoms with Crippen molar-refractivity contribution in [1.29, 1.82) is 0 Å². The van der Waals surface area contributed by atoms with Crippen LogP contribution in [0.1, 0.15) is 30.9 Å². The molecule has 19 heavy (non-hydrogen) atoms. The average Bonchev–Trinajstić information content (AvgIpc) is 2.29. The third kappa shape index (κ3) is 4.55. The molecule has 1 aromatic carbocycles. The first kappa shape index (κ1) is 15.5. The summed E-state index contributed by atoms with van der Waals surface area (Å²) < 4.78 is 38.6. The first-order valence-corrected chi connectivity index (χ1v) is 5.93. The second-order valence-corrected chi connectivity index (χ2v) is 4.20. The molecule has 6 heteroatoms. The first-order chi connectivity index (χ1) is 8.86. The van der Waals surface area contributed by atoms with E-state index in [0.717, 1.165) is 6.07 Å². The Hall–Kier alpha value is -1.56. The zero-order valence-electron chi connectivity index (χ0n) is 10.5. The molecule has 0 unspecified atom stereocenters. The highest BCUT2D eigenvalue weighted by Crippen LogP contribution is 2.37. The van der Waals surface area contributed by atoms with Gasteiger partial charge in [0.15, 0.2) is 0 Å². The van der Waals surface area contributed by atoms with Gasteiger partial charge in [-0.05, 0) is 30.9 Å². The molecule has 0 bridgehead atoms. The van der Waals surface area contributed by atoms with Crippen molar-refractivity contribution >= 4 is 11.6 Å². The maximum absolute atomic E-state index is 12.9. The van der Waals surface area contributed by atoms with Gasteiger partial charge in [-0.1, -0.05) is 12.1 Å². The minimum absolute atomic E-state index is 0.00552. The number of hydrogen-bond acceptors (Lipinski definition) is 2. The van der Waals surface area contributed by atoms with Crippen LogP contribution in [0.5, 0.6) is 0 Å². The lowest BCUT2D eigenvalue weighted by Crippen LogP contribution is -2.16. The molecule has 0 atom stereocenters. The average molecular weight is 275 g/mol. The minimum Gasteiger partial charge on any atom is -0.396 e. The third-order valence-corrected chi connectivity index (χ3v) is 2.61. The van der Waals surface area contributed by atoms with Crippen molar-refractivity contribution in [3.8, 4) is 0 Å². The summed E-state index contributed by atoms with van der Waals surface area (Å²) in [4.78, 5) is 11.1. The van der Waals surface area contributed by atoms with E-state index < -0.39 is 17.6 Å². The third-order valence-electron chi connectivity index (χ3n) is 2.61. The largest absolute Gasteiger partial charge is 0.418 e. The zero-order chi connectivity index (χ0) is 14.5. The number of nitrogens with one attached hydrogen (secondary N) is 1. The number of alkyl halides is 3. The molecule has 0 aliphatic carbocycles. The van der Waals surface area contributed by atoms with Gasteiger partial charge >= 0.3 is 6.18 Å². The van der Waals surface area contributed by atoms with Gasteiger partial charge in [-0.25, -0.2) is 0 Å². The molecule has 1 aromatic rings. The van der Waals surface area contributed by atoms with E-state index >= 15 is 0 Å². The van der Waals surface area contributed by atoms with Gasteiger partial charge in [-0.3, -0.25) is 4.79 Å². The molecule has 0 aliphatic heterocycles. The Morgan fingerprint density at radius 3 is 2.53 bits per heavy atom. The summed E-state index contributed by atoms with van der Waals surface area (Å²) in [5.41, 5.74) is -0.594. The molecular formula is C13H16F3NO2. The first-order valence-electron chi connectivity index (χ1n) is 5.93. The lowest BCUT2D eigenvalue weighted by atomic mass is 10.0. The summed E-state index contributed by atoms with van der Waals surface area (Å²) in [5.74, 6) is -0.542. The highest BCUT2D eigenvalue weighted by molar-refractivity contribution is 5.90. The van der Waals surface area contributed by atoms with E-state index in [1.807, 2.05) is 0 Å². The number of halogens is 3. The number of amides is 1. The maximum Gasteiger partial charge on any atom is 0.418 e. The number of carbonyl (C=O) groups excluding carboxylic acids is 1. The number of rotatable bonds is 5. The topological polar surface area (TPSA) is 49.3 Å². The quantitative estimate of drug-likeness (QED) is 0.812. The van der Waals surface area contributed by atoms with Crippen LogP contribution < -0.4 is 5.32 Å². The van der Waals surface area contributed by atoms with E-state index in [2.05, 4.69) is 5.32 Å². The van der Waals surface area contributed by atoms with Crippen LogP contribution in [0.15, 0.2) is 18.2 Å². The van der Waals surface area contributed by atoms with Gasteiger partial charge in [-0.15, -0.1) is 0 Å². The molecule has 0 fully saturated rings. The van der Waals surface area contributed by atoms with Gasteiger partial charge in [0.25, 0.3) is 0 Å². The normalized spacial score (nSPS) is 11.4. The summed E-state index contributed by atoms with van der Waals surface area (Å²) in [6.45, 7) is 1.17. The predicted molar refractivity (Wildman–Crippen MR) is 65.8 cm³/mol. The Kier molecular flexibility index (Phi) is 5.35. The molecule has 2 N–H and O–H groups in total. The van der Waals surface area contributed by atoms with Crippen molar-refractivity contribution in [2.45, 2.75) is 32.4 Å². The Morgan fingerprint density at radius 2 is 2.00 bits per heavy atom. The zero-order valence-corrected chi connectivity index (χ0v) is 10.5. The lowest BCUT2D eigenvalue weighted by molar-refractivity contribution is -0.137. The molecule has 106 valence electrons. The number of unbranched alkanes of at least 4 members (excludes halogenated alkanes) is 1. The fourth-order valence-electron chi connectivity index (χ4n) is 1.80. The van der Waals surface area contributed by atoms with Crippen molar-refractivity contribution < 1.29 is 23.1 Å². The molecule has 1 rings (SSSR count). The van der Waals surface area contributed by atoms with Gasteiger partial charge < -0.3 is 10.4 Å². The Morgan fingerprint density at radius 1 is 1.32 bits per heavy atom. The number of hydrogen-bond donors (Lipinski definition) is 2. The van der Waals surface area contributed by atoms with Gasteiger partial charge in [0, 0.05) is 13.5 Å². The molecule has 0 spiro atoms. The van der Waals surface area contributed by atoms with Gasteiger partial charge in [0.05, 0.1) is 11.3 Å². The van der Waals surface area contributed by atoms with Crippen molar-refractivity contribution in [3.63, 3.8) is 0 Å². The van der Waals surface area contributed by atoms with E-state index in [-0.39, 0.29) is 12.3 Å². The molecule has 0 saturated carbocycles. The summed E-state index contributed by atoms with van der Waals surface area (Å²) in [6, 6.07) is 3.82. The number of carbonyl (C=O) groups is 1. The summed E-state index contributed by atoms with van der Waals surface area (Å²) >= 11 is 0. The monoisotopic (exact) mass is 275 g/mol. The van der Waals surface area contributed by atoms with Gasteiger partial charge in [0.1, 0.15) is 0 Å². The smallest absolute Gasteiger partial charge is 0.396 e. The van der Waals surface area contributed by atoms with Crippen molar-refractivity contribution in [3.05, 3.63) is 29.3 Å². The molecule has 0 saturated heterocycles. The fraction of sp³-hybridized carbons (Fsp3) is 0.462. The number of anilines is 1. The molecule has 0 aromatic heterocycles. The lowest BCUT2D eigenvalue weighted by Gasteiger charge is -2.17. The van der Waals surface area contributed by atoms with Crippen LogP contribution in [0.3, 0.4) is 0 Å². The highest BCUT2D eigenvalue weighted by atomic mass is 19.4. The summed E-state index contributed by atoms with van der Waals surface area (Å²) in [6.07, 6.45) is -3.06. The van der Waals surface area contributed by atoms with Crippen LogP contribution in [-0.4, -0.2) is 17.6 Å². The molecule has 0 radical (unpaired) electrons. The van der Waals surface area contributed by atoms with Crippen molar-refractivity contribution in [2.75, 3.05) is 11.9 Å². The number of para-hydroxylation sites is 1.